The number of hydrogen-bond donors (Lipinski definition) is 4. The van der Waals surface area contributed by atoms with Crippen molar-refractivity contribution in [1.29, 1.82) is 0 Å². The fourth-order valence-corrected chi connectivity index (χ4v) is 5.78. The Morgan fingerprint density at radius 3 is 2.19 bits per heavy atom. The monoisotopic (exact) mass is 621 g/mol. The van der Waals surface area contributed by atoms with Gasteiger partial charge in [-0.3, -0.25) is 9.59 Å². The van der Waals surface area contributed by atoms with Crippen molar-refractivity contribution in [2.45, 2.75) is 70.4 Å². The molecular formula is C28H36F5N3O5S. The molecule has 0 aliphatic heterocycles. The second-order valence-corrected chi connectivity index (χ2v) is 12.2. The van der Waals surface area contributed by atoms with E-state index in [2.05, 4.69) is 10.6 Å². The lowest BCUT2D eigenvalue weighted by Gasteiger charge is -2.27. The molecule has 0 unspecified atom stereocenters. The van der Waals surface area contributed by atoms with Crippen molar-refractivity contribution in [2.75, 3.05) is 18.1 Å². The summed E-state index contributed by atoms with van der Waals surface area (Å²) in [5, 5.41) is 17.6. The normalized spacial score (nSPS) is 14.2. The van der Waals surface area contributed by atoms with Crippen LogP contribution in [0.15, 0.2) is 42.5 Å². The fourth-order valence-electron chi connectivity index (χ4n) is 4.14. The molecule has 0 aromatic heterocycles. The summed E-state index contributed by atoms with van der Waals surface area (Å²) < 4.78 is 91.6. The molecule has 0 bridgehead atoms. The van der Waals surface area contributed by atoms with Crippen LogP contribution in [0.5, 0.6) is 0 Å². The van der Waals surface area contributed by atoms with E-state index in [4.69, 9.17) is 0 Å². The highest BCUT2D eigenvalue weighted by Crippen LogP contribution is 2.16. The number of aryl methyl sites for hydroxylation is 1. The van der Waals surface area contributed by atoms with Crippen molar-refractivity contribution in [3.63, 3.8) is 0 Å². The lowest BCUT2D eigenvalue weighted by Crippen LogP contribution is -2.58. The lowest BCUT2D eigenvalue weighted by molar-refractivity contribution is -0.174. The van der Waals surface area contributed by atoms with E-state index >= 15 is 0 Å². The third-order valence-corrected chi connectivity index (χ3v) is 8.11. The van der Waals surface area contributed by atoms with E-state index in [1.165, 1.54) is 5.32 Å². The van der Waals surface area contributed by atoms with Gasteiger partial charge in [0.25, 0.3) is 0 Å². The van der Waals surface area contributed by atoms with Gasteiger partial charge in [0.1, 0.15) is 17.7 Å². The number of carbonyl (C=O) groups excluding carboxylic acids is 2. The first-order valence-corrected chi connectivity index (χ1v) is 15.3. The van der Waals surface area contributed by atoms with Gasteiger partial charge in [0, 0.05) is 19.2 Å². The number of aliphatic hydroxyl groups is 1. The second-order valence-electron chi connectivity index (χ2n) is 9.96. The van der Waals surface area contributed by atoms with Gasteiger partial charge < -0.3 is 21.1 Å². The summed E-state index contributed by atoms with van der Waals surface area (Å²) in [5.74, 6) is -7.25. The number of unbranched alkanes of at least 4 members (excludes halogenated alkanes) is 1. The van der Waals surface area contributed by atoms with Crippen LogP contribution < -0.4 is 16.0 Å². The van der Waals surface area contributed by atoms with E-state index in [0.29, 0.717) is 19.0 Å². The Hall–Kier alpha value is -3.10. The molecule has 0 radical (unpaired) electrons. The molecule has 8 nitrogen and oxygen atoms in total. The van der Waals surface area contributed by atoms with Gasteiger partial charge in [0.05, 0.1) is 23.7 Å². The zero-order valence-corrected chi connectivity index (χ0v) is 24.1. The highest BCUT2D eigenvalue weighted by molar-refractivity contribution is 7.91. The smallest absolute Gasteiger partial charge is 0.390 e. The number of amides is 2. The largest absolute Gasteiger partial charge is 0.471 e. The topological polar surface area (TPSA) is 125 Å². The maximum atomic E-state index is 13.8. The second kappa shape index (κ2) is 15.9. The summed E-state index contributed by atoms with van der Waals surface area (Å²) in [5.41, 5.74) is 1.98. The molecular weight excluding hydrogens is 585 g/mol. The Morgan fingerprint density at radius 1 is 0.952 bits per heavy atom. The maximum absolute atomic E-state index is 13.8. The Morgan fingerprint density at radius 2 is 1.60 bits per heavy atom. The van der Waals surface area contributed by atoms with Gasteiger partial charge in [-0.2, -0.15) is 13.2 Å². The molecule has 2 aromatic rings. The molecule has 2 aromatic carbocycles. The van der Waals surface area contributed by atoms with E-state index < -0.39 is 69.2 Å². The van der Waals surface area contributed by atoms with E-state index in [0.717, 1.165) is 29.7 Å². The van der Waals surface area contributed by atoms with Gasteiger partial charge in [0.2, 0.25) is 5.91 Å². The van der Waals surface area contributed by atoms with Crippen LogP contribution in [0.2, 0.25) is 0 Å². The van der Waals surface area contributed by atoms with Crippen LogP contribution in [0, 0.1) is 11.6 Å². The highest BCUT2D eigenvalue weighted by Gasteiger charge is 2.42. The van der Waals surface area contributed by atoms with Gasteiger partial charge in [-0.1, -0.05) is 44.5 Å². The van der Waals surface area contributed by atoms with Crippen molar-refractivity contribution >= 4 is 21.7 Å². The summed E-state index contributed by atoms with van der Waals surface area (Å²) in [6.45, 7) is 3.83. The summed E-state index contributed by atoms with van der Waals surface area (Å²) in [7, 11) is -4.07. The van der Waals surface area contributed by atoms with E-state index in [1.54, 1.807) is 6.92 Å². The minimum absolute atomic E-state index is 0.0129. The molecule has 0 fully saturated rings. The number of alkyl halides is 3. The summed E-state index contributed by atoms with van der Waals surface area (Å²) in [6.07, 6.45) is -5.76. The van der Waals surface area contributed by atoms with Crippen LogP contribution in [0.4, 0.5) is 22.0 Å². The Labute approximate surface area is 242 Å². The number of sulfone groups is 1. The van der Waals surface area contributed by atoms with Crippen LogP contribution in [-0.4, -0.2) is 67.8 Å². The molecule has 0 aliphatic rings. The Kier molecular flexibility index (Phi) is 13.3. The first kappa shape index (κ1) is 35.1. The lowest BCUT2D eigenvalue weighted by atomic mass is 10.00. The molecule has 42 heavy (non-hydrogen) atoms. The van der Waals surface area contributed by atoms with Crippen molar-refractivity contribution in [3.8, 4) is 0 Å². The number of halogens is 5. The van der Waals surface area contributed by atoms with Crippen LogP contribution >= 0.6 is 0 Å². The highest BCUT2D eigenvalue weighted by atomic mass is 32.2. The summed E-state index contributed by atoms with van der Waals surface area (Å²) in [6, 6.07) is 6.63. The van der Waals surface area contributed by atoms with Gasteiger partial charge in [-0.15, -0.1) is 0 Å². The standard InChI is InChI=1S/C28H36F5N3O5S/c1-3-5-9-42(40,41)17-24(36-27(39)28(31,32)33)26(38)35-23(13-20-11-21(29)14-22(30)12-20)25(37)16-34-15-19-8-6-7-18(4-2)10-19/h6-8,10-12,14,23-25,34,37H,3-5,9,13,15-17H2,1-2H3,(H,35,38)(H,36,39)/t23-,24+,25+/m0/s1. The minimum Gasteiger partial charge on any atom is -0.390 e. The molecule has 14 heteroatoms. The fraction of sp³-hybridized carbons (Fsp3) is 0.500. The number of hydrogen-bond acceptors (Lipinski definition) is 6. The number of benzene rings is 2. The first-order chi connectivity index (χ1) is 19.6. The molecule has 0 heterocycles. The van der Waals surface area contributed by atoms with E-state index in [-0.39, 0.29) is 24.9 Å². The Bertz CT molecular complexity index is 1290. The molecule has 0 saturated heterocycles. The molecule has 0 saturated carbocycles. The van der Waals surface area contributed by atoms with Crippen molar-refractivity contribution in [3.05, 3.63) is 70.8 Å². The summed E-state index contributed by atoms with van der Waals surface area (Å²) >= 11 is 0. The summed E-state index contributed by atoms with van der Waals surface area (Å²) in [4.78, 5) is 24.8. The average Bonchev–Trinajstić information content (AvgIpc) is 2.90. The predicted octanol–water partition coefficient (Wildman–Crippen LogP) is 2.97. The van der Waals surface area contributed by atoms with Crippen molar-refractivity contribution in [2.24, 2.45) is 0 Å². The first-order valence-electron chi connectivity index (χ1n) is 13.4. The minimum atomic E-state index is -5.40. The number of rotatable bonds is 16. The zero-order valence-electron chi connectivity index (χ0n) is 23.3. The predicted molar refractivity (Wildman–Crippen MR) is 147 cm³/mol. The average molecular weight is 622 g/mol. The maximum Gasteiger partial charge on any atom is 0.471 e. The van der Waals surface area contributed by atoms with E-state index in [1.807, 2.05) is 31.2 Å². The molecule has 2 amide bonds. The van der Waals surface area contributed by atoms with Crippen molar-refractivity contribution in [1.82, 2.24) is 16.0 Å². The van der Waals surface area contributed by atoms with Gasteiger partial charge >= 0.3 is 12.1 Å². The van der Waals surface area contributed by atoms with Crippen LogP contribution in [0.25, 0.3) is 0 Å². The molecule has 0 aliphatic carbocycles. The molecule has 234 valence electrons. The number of aliphatic hydroxyl groups excluding tert-OH is 1. The Balaban J connectivity index is 2.28. The van der Waals surface area contributed by atoms with Crippen LogP contribution in [0.3, 0.4) is 0 Å². The third kappa shape index (κ3) is 12.0. The zero-order chi connectivity index (χ0) is 31.5. The van der Waals surface area contributed by atoms with Crippen LogP contribution in [0.1, 0.15) is 43.4 Å². The molecule has 2 rings (SSSR count). The van der Waals surface area contributed by atoms with Gasteiger partial charge in [-0.25, -0.2) is 17.2 Å². The van der Waals surface area contributed by atoms with Gasteiger partial charge in [-0.05, 0) is 48.1 Å². The molecule has 4 N–H and O–H groups in total. The SMILES string of the molecule is CCCCS(=O)(=O)C[C@@H](NC(=O)C(F)(F)F)C(=O)N[C@@H](Cc1cc(F)cc(F)c1)[C@H](O)CNCc1cccc(CC)c1. The number of carbonyl (C=O) groups is 2. The van der Waals surface area contributed by atoms with Gasteiger partial charge in [0.15, 0.2) is 9.84 Å². The van der Waals surface area contributed by atoms with E-state index in [9.17, 15) is 45.1 Å². The van der Waals surface area contributed by atoms with Crippen LogP contribution in [-0.2, 0) is 38.8 Å². The third-order valence-electron chi connectivity index (χ3n) is 6.36. The van der Waals surface area contributed by atoms with Crippen molar-refractivity contribution < 1.29 is 45.1 Å². The molecule has 0 spiro atoms. The quantitative estimate of drug-likeness (QED) is 0.214. The molecule has 3 atom stereocenters. The number of nitrogens with one attached hydrogen (secondary N) is 3.